The van der Waals surface area contributed by atoms with E-state index in [0.717, 1.165) is 27.8 Å². The number of anilines is 1. The van der Waals surface area contributed by atoms with E-state index in [1.54, 1.807) is 23.8 Å². The fourth-order valence-corrected chi connectivity index (χ4v) is 6.20. The second kappa shape index (κ2) is 9.20. The Kier molecular flexibility index (Phi) is 6.50. The molecule has 9 heteroatoms. The Morgan fingerprint density at radius 1 is 1.30 bits per heavy atom. The number of nitrogens with zero attached hydrogens (tertiary/aromatic N) is 4. The maximum Gasteiger partial charge on any atom is 0.219 e. The summed E-state index contributed by atoms with van der Waals surface area (Å²) in [5.41, 5.74) is 9.05. The number of carbonyl (C=O) groups excluding carboxylic acids is 1. The van der Waals surface area contributed by atoms with Crippen molar-refractivity contribution < 1.29 is 9.53 Å². The van der Waals surface area contributed by atoms with E-state index in [-0.39, 0.29) is 11.2 Å². The summed E-state index contributed by atoms with van der Waals surface area (Å²) in [4.78, 5) is 15.3. The van der Waals surface area contributed by atoms with Crippen LogP contribution in [0.2, 0.25) is 0 Å². The van der Waals surface area contributed by atoms with Gasteiger partial charge in [0.1, 0.15) is 11.6 Å². The van der Waals surface area contributed by atoms with Crippen LogP contribution in [0, 0.1) is 16.7 Å². The van der Waals surface area contributed by atoms with Crippen molar-refractivity contribution >= 4 is 34.0 Å². The normalized spacial score (nSPS) is 20.0. The zero-order valence-electron chi connectivity index (χ0n) is 19.2. The topological polar surface area (TPSA) is 105 Å². The lowest BCUT2D eigenvalue weighted by Crippen LogP contribution is -2.42. The van der Waals surface area contributed by atoms with Crippen molar-refractivity contribution in [2.24, 2.45) is 11.1 Å². The molecule has 1 aliphatic carbocycles. The largest absolute Gasteiger partial charge is 0.497 e. The molecule has 2 heterocycles. The first-order valence-corrected chi connectivity index (χ1v) is 12.7. The lowest BCUT2D eigenvalue weighted by molar-refractivity contribution is -0.118. The van der Waals surface area contributed by atoms with Gasteiger partial charge in [-0.1, -0.05) is 56.0 Å². The lowest BCUT2D eigenvalue weighted by atomic mass is 9.68. The molecule has 1 aliphatic heterocycles. The van der Waals surface area contributed by atoms with Crippen LogP contribution < -0.4 is 15.4 Å². The molecule has 0 amide bonds. The number of benzene rings is 1. The second-order valence-corrected chi connectivity index (χ2v) is 11.3. The highest BCUT2D eigenvalue weighted by molar-refractivity contribution is 8.01. The Balaban J connectivity index is 1.89. The molecule has 0 spiro atoms. The first-order valence-electron chi connectivity index (χ1n) is 10.9. The highest BCUT2D eigenvalue weighted by atomic mass is 32.2. The number of rotatable bonds is 6. The average Bonchev–Trinajstić information content (AvgIpc) is 3.24. The number of Topliss-reactive ketones (excluding diaryl/α,β-unsaturated/α-hetero) is 1. The number of nitriles is 1. The second-order valence-electron chi connectivity index (χ2n) is 8.95. The summed E-state index contributed by atoms with van der Waals surface area (Å²) in [6.07, 6.45) is 2.10. The van der Waals surface area contributed by atoms with Crippen LogP contribution in [0.5, 0.6) is 5.75 Å². The van der Waals surface area contributed by atoms with Gasteiger partial charge in [0.2, 0.25) is 5.13 Å². The molecule has 0 radical (unpaired) electrons. The molecule has 1 unspecified atom stereocenters. The average molecular weight is 482 g/mol. The Morgan fingerprint density at radius 2 is 2.03 bits per heavy atom. The van der Waals surface area contributed by atoms with Crippen molar-refractivity contribution in [3.05, 3.63) is 52.5 Å². The van der Waals surface area contributed by atoms with Crippen LogP contribution in [0.4, 0.5) is 5.13 Å². The molecule has 2 aromatic rings. The van der Waals surface area contributed by atoms with Gasteiger partial charge in [-0.2, -0.15) is 5.26 Å². The molecule has 2 aliphatic rings. The first-order chi connectivity index (χ1) is 15.8. The van der Waals surface area contributed by atoms with E-state index in [4.69, 9.17) is 10.5 Å². The summed E-state index contributed by atoms with van der Waals surface area (Å²) in [6.45, 7) is 6.28. The fraction of sp³-hybridized carbons (Fsp3) is 0.417. The third kappa shape index (κ3) is 4.37. The lowest BCUT2D eigenvalue weighted by Gasteiger charge is -2.42. The SMILES string of the molecule is CCCSc1nnc(N2C(N)=C(C#N)C(c3ccc(OC)cc3)C3=C2CC(C)(C)CC3=O)s1. The molecule has 33 heavy (non-hydrogen) atoms. The summed E-state index contributed by atoms with van der Waals surface area (Å²) in [5, 5.41) is 19.4. The number of methoxy groups -OCH3 is 1. The van der Waals surface area contributed by atoms with Gasteiger partial charge >= 0.3 is 0 Å². The van der Waals surface area contributed by atoms with Crippen molar-refractivity contribution in [2.75, 3.05) is 17.8 Å². The van der Waals surface area contributed by atoms with E-state index < -0.39 is 5.92 Å². The van der Waals surface area contributed by atoms with Crippen LogP contribution >= 0.6 is 23.1 Å². The monoisotopic (exact) mass is 481 g/mol. The van der Waals surface area contributed by atoms with Crippen molar-refractivity contribution in [2.45, 2.75) is 50.3 Å². The smallest absolute Gasteiger partial charge is 0.219 e. The number of carbonyl (C=O) groups is 1. The first kappa shape index (κ1) is 23.3. The Bertz CT molecular complexity index is 1170. The van der Waals surface area contributed by atoms with Crippen molar-refractivity contribution in [3.63, 3.8) is 0 Å². The molecule has 7 nitrogen and oxygen atoms in total. The van der Waals surface area contributed by atoms with Crippen LogP contribution in [-0.2, 0) is 4.79 Å². The van der Waals surface area contributed by atoms with E-state index in [1.165, 1.54) is 11.3 Å². The van der Waals surface area contributed by atoms with Crippen molar-refractivity contribution in [1.29, 1.82) is 5.26 Å². The molecular formula is C24H27N5O2S2. The maximum atomic E-state index is 13.5. The molecule has 1 atom stereocenters. The molecule has 0 saturated carbocycles. The van der Waals surface area contributed by atoms with Gasteiger partial charge in [-0.3, -0.25) is 9.69 Å². The molecule has 1 aromatic heterocycles. The van der Waals surface area contributed by atoms with Gasteiger partial charge in [0, 0.05) is 23.4 Å². The summed E-state index contributed by atoms with van der Waals surface area (Å²) in [6, 6.07) is 9.76. The van der Waals surface area contributed by atoms with Crippen LogP contribution in [-0.4, -0.2) is 28.8 Å². The zero-order chi connectivity index (χ0) is 23.8. The third-order valence-electron chi connectivity index (χ3n) is 5.85. The number of hydrogen-bond donors (Lipinski definition) is 1. The standard InChI is InChI=1S/C24H27N5O2S2/c1-5-10-32-23-28-27-22(33-23)29-17-11-24(2,3)12-18(30)20(17)19(16(13-25)21(29)26)14-6-8-15(31-4)9-7-14/h6-9,19H,5,10-12,26H2,1-4H3. The molecule has 0 saturated heterocycles. The van der Waals surface area contributed by atoms with Gasteiger partial charge in [0.25, 0.3) is 0 Å². The highest BCUT2D eigenvalue weighted by Gasteiger charge is 2.45. The summed E-state index contributed by atoms with van der Waals surface area (Å²) < 4.78 is 6.13. The number of thioether (sulfide) groups is 1. The van der Waals surface area contributed by atoms with Crippen LogP contribution in [0.15, 0.2) is 51.3 Å². The number of nitrogens with two attached hydrogens (primary N) is 1. The number of ether oxygens (including phenoxy) is 1. The molecular weight excluding hydrogens is 454 g/mol. The molecule has 1 aromatic carbocycles. The van der Waals surface area contributed by atoms with E-state index >= 15 is 0 Å². The van der Waals surface area contributed by atoms with Crippen LogP contribution in [0.3, 0.4) is 0 Å². The summed E-state index contributed by atoms with van der Waals surface area (Å²) in [7, 11) is 1.61. The van der Waals surface area contributed by atoms with E-state index in [0.29, 0.717) is 40.7 Å². The Labute approximate surface area is 202 Å². The molecule has 2 N–H and O–H groups in total. The molecule has 0 bridgehead atoms. The number of ketones is 1. The molecule has 172 valence electrons. The van der Waals surface area contributed by atoms with E-state index in [2.05, 4.69) is 37.0 Å². The number of allylic oxidation sites excluding steroid dienone is 3. The zero-order valence-corrected chi connectivity index (χ0v) is 20.8. The van der Waals surface area contributed by atoms with E-state index in [9.17, 15) is 10.1 Å². The van der Waals surface area contributed by atoms with Gasteiger partial charge in [-0.25, -0.2) is 0 Å². The van der Waals surface area contributed by atoms with Gasteiger partial charge in [0.05, 0.1) is 24.7 Å². The third-order valence-corrected chi connectivity index (χ3v) is 8.09. The summed E-state index contributed by atoms with van der Waals surface area (Å²) in [5.74, 6) is 1.49. The van der Waals surface area contributed by atoms with Gasteiger partial charge < -0.3 is 10.5 Å². The minimum Gasteiger partial charge on any atom is -0.497 e. The van der Waals surface area contributed by atoms with Crippen molar-refractivity contribution in [1.82, 2.24) is 10.2 Å². The maximum absolute atomic E-state index is 13.5. The van der Waals surface area contributed by atoms with Gasteiger partial charge in [-0.05, 0) is 36.0 Å². The van der Waals surface area contributed by atoms with E-state index in [1.807, 2.05) is 24.3 Å². The number of aromatic nitrogens is 2. The summed E-state index contributed by atoms with van der Waals surface area (Å²) >= 11 is 3.08. The molecule has 0 fully saturated rings. The quantitative estimate of drug-likeness (QED) is 0.575. The van der Waals surface area contributed by atoms with Crippen LogP contribution in [0.1, 0.15) is 51.5 Å². The molecule has 4 rings (SSSR count). The Hall–Kier alpha value is -2.83. The fourth-order valence-electron chi connectivity index (χ4n) is 4.40. The predicted octanol–water partition coefficient (Wildman–Crippen LogP) is 4.99. The minimum atomic E-state index is -0.516. The van der Waals surface area contributed by atoms with Gasteiger partial charge in [-0.15, -0.1) is 10.2 Å². The van der Waals surface area contributed by atoms with Gasteiger partial charge in [0.15, 0.2) is 10.1 Å². The highest BCUT2D eigenvalue weighted by Crippen LogP contribution is 2.50. The Morgan fingerprint density at radius 3 is 2.67 bits per heavy atom. The minimum absolute atomic E-state index is 0.0393. The van der Waals surface area contributed by atoms with Crippen molar-refractivity contribution in [3.8, 4) is 11.8 Å². The van der Waals surface area contributed by atoms with Crippen LogP contribution in [0.25, 0.3) is 0 Å². The predicted molar refractivity (Wildman–Crippen MR) is 131 cm³/mol. The number of hydrogen-bond acceptors (Lipinski definition) is 9.